The lowest BCUT2D eigenvalue weighted by Gasteiger charge is -2.31. The van der Waals surface area contributed by atoms with E-state index < -0.39 is 0 Å². The van der Waals surface area contributed by atoms with Gasteiger partial charge in [-0.1, -0.05) is 48.0 Å². The van der Waals surface area contributed by atoms with Crippen LogP contribution in [0.1, 0.15) is 30.9 Å². The average Bonchev–Trinajstić information content (AvgIpc) is 2.53. The zero-order chi connectivity index (χ0) is 15.5. The Morgan fingerprint density at radius 2 is 1.23 bits per heavy atom. The van der Waals surface area contributed by atoms with E-state index in [1.807, 2.05) is 0 Å². The molecule has 0 bridgehead atoms. The molecule has 0 atom stereocenters. The molecule has 2 aromatic rings. The first-order chi connectivity index (χ1) is 10.7. The van der Waals surface area contributed by atoms with Crippen molar-refractivity contribution in [1.29, 1.82) is 0 Å². The lowest BCUT2D eigenvalue weighted by Crippen LogP contribution is -2.19. The number of allylic oxidation sites excluding steroid dienone is 4. The van der Waals surface area contributed by atoms with Gasteiger partial charge >= 0.3 is 0 Å². The monoisotopic (exact) mass is 289 g/mol. The zero-order valence-electron chi connectivity index (χ0n) is 13.6. The van der Waals surface area contributed by atoms with Crippen molar-refractivity contribution in [2.24, 2.45) is 0 Å². The summed E-state index contributed by atoms with van der Waals surface area (Å²) in [7, 11) is 0. The standard InChI is InChI=1S/C21H23N/c1-16-12-14-19(15-13-16)22(20-10-6-4-8-17(20)2)21-11-7-5-9-18(21)3/h4-12,14H,13,15H2,1-3H3. The molecule has 112 valence electrons. The number of benzene rings is 2. The Balaban J connectivity index is 2.16. The summed E-state index contributed by atoms with van der Waals surface area (Å²) in [4.78, 5) is 2.42. The largest absolute Gasteiger partial charge is 0.314 e. The molecule has 1 nitrogen and oxygen atoms in total. The minimum absolute atomic E-state index is 1.09. The van der Waals surface area contributed by atoms with Gasteiger partial charge in [0.25, 0.3) is 0 Å². The number of hydrogen-bond acceptors (Lipinski definition) is 1. The molecule has 22 heavy (non-hydrogen) atoms. The summed E-state index contributed by atoms with van der Waals surface area (Å²) in [5.74, 6) is 0. The van der Waals surface area contributed by atoms with Crippen molar-refractivity contribution in [3.05, 3.63) is 83.1 Å². The topological polar surface area (TPSA) is 3.24 Å². The van der Waals surface area contributed by atoms with Crippen molar-refractivity contribution in [2.45, 2.75) is 33.6 Å². The van der Waals surface area contributed by atoms with Gasteiger partial charge in [-0.05, 0) is 62.9 Å². The molecule has 0 amide bonds. The van der Waals surface area contributed by atoms with Crippen molar-refractivity contribution in [3.8, 4) is 0 Å². The van der Waals surface area contributed by atoms with Gasteiger partial charge in [0, 0.05) is 17.1 Å². The van der Waals surface area contributed by atoms with Crippen LogP contribution in [0.3, 0.4) is 0 Å². The zero-order valence-corrected chi connectivity index (χ0v) is 13.6. The van der Waals surface area contributed by atoms with Gasteiger partial charge < -0.3 is 4.90 Å². The van der Waals surface area contributed by atoms with Gasteiger partial charge in [0.05, 0.1) is 0 Å². The van der Waals surface area contributed by atoms with E-state index in [2.05, 4.69) is 86.4 Å². The van der Waals surface area contributed by atoms with E-state index in [-0.39, 0.29) is 0 Å². The van der Waals surface area contributed by atoms with Gasteiger partial charge in [0.2, 0.25) is 0 Å². The first-order valence-corrected chi connectivity index (χ1v) is 7.94. The number of anilines is 2. The Kier molecular flexibility index (Phi) is 4.15. The SMILES string of the molecule is CC1=CC=C(N(c2ccccc2C)c2ccccc2C)CC1. The first kappa shape index (κ1) is 14.6. The van der Waals surface area contributed by atoms with E-state index in [4.69, 9.17) is 0 Å². The lowest BCUT2D eigenvalue weighted by molar-refractivity contribution is 0.872. The van der Waals surface area contributed by atoms with Crippen molar-refractivity contribution in [2.75, 3.05) is 4.90 Å². The normalized spacial score (nSPS) is 14.3. The molecule has 0 aliphatic heterocycles. The van der Waals surface area contributed by atoms with Crippen molar-refractivity contribution in [1.82, 2.24) is 0 Å². The molecule has 0 fully saturated rings. The Bertz CT molecular complexity index is 692. The smallest absolute Gasteiger partial charge is 0.0487 e. The molecule has 0 spiro atoms. The highest BCUT2D eigenvalue weighted by atomic mass is 15.2. The van der Waals surface area contributed by atoms with Crippen LogP contribution >= 0.6 is 0 Å². The molecule has 0 radical (unpaired) electrons. The second kappa shape index (κ2) is 6.23. The highest BCUT2D eigenvalue weighted by Crippen LogP contribution is 2.37. The molecule has 3 rings (SSSR count). The molecule has 0 aromatic heterocycles. The first-order valence-electron chi connectivity index (χ1n) is 7.94. The maximum absolute atomic E-state index is 2.42. The van der Waals surface area contributed by atoms with Gasteiger partial charge in [0.15, 0.2) is 0 Å². The van der Waals surface area contributed by atoms with E-state index in [1.54, 1.807) is 0 Å². The van der Waals surface area contributed by atoms with Gasteiger partial charge in [-0.3, -0.25) is 0 Å². The van der Waals surface area contributed by atoms with Crippen LogP contribution in [-0.2, 0) is 0 Å². The van der Waals surface area contributed by atoms with Crippen LogP contribution in [-0.4, -0.2) is 0 Å². The molecule has 2 aromatic carbocycles. The maximum atomic E-state index is 2.42. The second-order valence-corrected chi connectivity index (χ2v) is 6.08. The molecule has 0 unspecified atom stereocenters. The van der Waals surface area contributed by atoms with Crippen molar-refractivity contribution >= 4 is 11.4 Å². The predicted octanol–water partition coefficient (Wildman–Crippen LogP) is 6.07. The summed E-state index contributed by atoms with van der Waals surface area (Å²) in [6.45, 7) is 6.58. The number of nitrogens with zero attached hydrogens (tertiary/aromatic N) is 1. The van der Waals surface area contributed by atoms with Crippen LogP contribution in [0.15, 0.2) is 72.0 Å². The fourth-order valence-corrected chi connectivity index (χ4v) is 2.98. The molecule has 0 saturated heterocycles. The number of rotatable bonds is 3. The van der Waals surface area contributed by atoms with Crippen LogP contribution in [0.4, 0.5) is 11.4 Å². The molecular formula is C21H23N. The highest BCUT2D eigenvalue weighted by Gasteiger charge is 2.18. The Morgan fingerprint density at radius 1 is 0.682 bits per heavy atom. The van der Waals surface area contributed by atoms with Gasteiger partial charge in [-0.2, -0.15) is 0 Å². The summed E-state index contributed by atoms with van der Waals surface area (Å²) in [6.07, 6.45) is 6.76. The summed E-state index contributed by atoms with van der Waals surface area (Å²) < 4.78 is 0. The number of para-hydroxylation sites is 2. The molecule has 1 aliphatic carbocycles. The molecule has 0 N–H and O–H groups in total. The molecule has 0 saturated carbocycles. The fraction of sp³-hybridized carbons (Fsp3) is 0.238. The molecule has 0 heterocycles. The Morgan fingerprint density at radius 3 is 1.68 bits per heavy atom. The molecule has 1 heteroatoms. The summed E-state index contributed by atoms with van der Waals surface area (Å²) >= 11 is 0. The summed E-state index contributed by atoms with van der Waals surface area (Å²) in [6, 6.07) is 17.3. The van der Waals surface area contributed by atoms with E-state index in [9.17, 15) is 0 Å². The van der Waals surface area contributed by atoms with Crippen molar-refractivity contribution < 1.29 is 0 Å². The summed E-state index contributed by atoms with van der Waals surface area (Å²) in [5.41, 5.74) is 7.98. The van der Waals surface area contributed by atoms with Crippen molar-refractivity contribution in [3.63, 3.8) is 0 Å². The van der Waals surface area contributed by atoms with Gasteiger partial charge in [0.1, 0.15) is 0 Å². The third-order valence-electron chi connectivity index (χ3n) is 4.34. The van der Waals surface area contributed by atoms with Crippen LogP contribution in [0.2, 0.25) is 0 Å². The summed E-state index contributed by atoms with van der Waals surface area (Å²) in [5, 5.41) is 0. The third-order valence-corrected chi connectivity index (χ3v) is 4.34. The average molecular weight is 289 g/mol. The third kappa shape index (κ3) is 2.85. The minimum atomic E-state index is 1.09. The van der Waals surface area contributed by atoms with E-state index >= 15 is 0 Å². The molecular weight excluding hydrogens is 266 g/mol. The Labute approximate surface area is 133 Å². The van der Waals surface area contributed by atoms with E-state index in [0.717, 1.165) is 12.8 Å². The number of hydrogen-bond donors (Lipinski definition) is 0. The van der Waals surface area contributed by atoms with Gasteiger partial charge in [-0.25, -0.2) is 0 Å². The quantitative estimate of drug-likeness (QED) is 0.663. The lowest BCUT2D eigenvalue weighted by atomic mass is 10.0. The number of aryl methyl sites for hydroxylation is 2. The van der Waals surface area contributed by atoms with E-state index in [1.165, 1.54) is 33.8 Å². The highest BCUT2D eigenvalue weighted by molar-refractivity contribution is 5.73. The van der Waals surface area contributed by atoms with Crippen LogP contribution in [0, 0.1) is 13.8 Å². The van der Waals surface area contributed by atoms with Crippen LogP contribution in [0.5, 0.6) is 0 Å². The predicted molar refractivity (Wildman–Crippen MR) is 95.6 cm³/mol. The van der Waals surface area contributed by atoms with Crippen LogP contribution in [0.25, 0.3) is 0 Å². The van der Waals surface area contributed by atoms with Gasteiger partial charge in [-0.15, -0.1) is 0 Å². The second-order valence-electron chi connectivity index (χ2n) is 6.08. The molecule has 1 aliphatic rings. The van der Waals surface area contributed by atoms with E-state index in [0.29, 0.717) is 0 Å². The maximum Gasteiger partial charge on any atom is 0.0487 e. The Hall–Kier alpha value is -2.28. The van der Waals surface area contributed by atoms with Crippen LogP contribution < -0.4 is 4.90 Å². The minimum Gasteiger partial charge on any atom is -0.314 e. The fourth-order valence-electron chi connectivity index (χ4n) is 2.98.